The van der Waals surface area contributed by atoms with Crippen molar-refractivity contribution in [3.8, 4) is 22.6 Å². The Balaban J connectivity index is 2.43. The summed E-state index contributed by atoms with van der Waals surface area (Å²) in [6.45, 7) is 0.583. The fourth-order valence-electron chi connectivity index (χ4n) is 1.99. The largest absolute Gasteiger partial charge is 0.508 e. The Labute approximate surface area is 107 Å². The summed E-state index contributed by atoms with van der Waals surface area (Å²) < 4.78 is 5.31. The second kappa shape index (κ2) is 5.56. The molecule has 94 valence electrons. The van der Waals surface area contributed by atoms with Crippen molar-refractivity contribution in [2.45, 2.75) is 6.42 Å². The van der Waals surface area contributed by atoms with Gasteiger partial charge in [-0.3, -0.25) is 0 Å². The summed E-state index contributed by atoms with van der Waals surface area (Å²) in [5.74, 6) is 1.12. The number of nitrogens with two attached hydrogens (primary N) is 1. The standard InChI is InChI=1S/C15H17NO2/c1-18-15-6-5-12(9-13(15)7-8-16)11-3-2-4-14(17)10-11/h2-6,9-10,17H,7-8,16H2,1H3. The summed E-state index contributed by atoms with van der Waals surface area (Å²) in [7, 11) is 1.66. The lowest BCUT2D eigenvalue weighted by atomic mass is 10.0. The number of phenolic OH excluding ortho intramolecular Hbond substituents is 1. The second-order valence-corrected chi connectivity index (χ2v) is 4.12. The van der Waals surface area contributed by atoms with E-state index in [1.165, 1.54) is 0 Å². The zero-order chi connectivity index (χ0) is 13.0. The van der Waals surface area contributed by atoms with Gasteiger partial charge in [0.25, 0.3) is 0 Å². The van der Waals surface area contributed by atoms with Gasteiger partial charge in [-0.1, -0.05) is 18.2 Å². The topological polar surface area (TPSA) is 55.5 Å². The molecule has 18 heavy (non-hydrogen) atoms. The van der Waals surface area contributed by atoms with E-state index in [9.17, 15) is 5.11 Å². The van der Waals surface area contributed by atoms with Crippen LogP contribution < -0.4 is 10.5 Å². The SMILES string of the molecule is COc1ccc(-c2cccc(O)c2)cc1CCN. The van der Waals surface area contributed by atoms with Crippen LogP contribution in [0.5, 0.6) is 11.5 Å². The van der Waals surface area contributed by atoms with Crippen molar-refractivity contribution < 1.29 is 9.84 Å². The van der Waals surface area contributed by atoms with E-state index in [0.717, 1.165) is 28.9 Å². The maximum absolute atomic E-state index is 9.50. The molecule has 3 heteroatoms. The predicted molar refractivity (Wildman–Crippen MR) is 72.9 cm³/mol. The van der Waals surface area contributed by atoms with Crippen molar-refractivity contribution in [3.63, 3.8) is 0 Å². The highest BCUT2D eigenvalue weighted by atomic mass is 16.5. The number of benzene rings is 2. The van der Waals surface area contributed by atoms with Gasteiger partial charge in [0.2, 0.25) is 0 Å². The van der Waals surface area contributed by atoms with Gasteiger partial charge in [0.05, 0.1) is 7.11 Å². The summed E-state index contributed by atoms with van der Waals surface area (Å²) in [5, 5.41) is 9.50. The minimum atomic E-state index is 0.267. The molecule has 2 rings (SSSR count). The Morgan fingerprint density at radius 1 is 1.11 bits per heavy atom. The summed E-state index contributed by atoms with van der Waals surface area (Å²) in [6.07, 6.45) is 0.774. The Bertz CT molecular complexity index is 538. The van der Waals surface area contributed by atoms with Gasteiger partial charge < -0.3 is 15.6 Å². The third kappa shape index (κ3) is 2.63. The van der Waals surface area contributed by atoms with Crippen molar-refractivity contribution in [1.29, 1.82) is 0 Å². The molecule has 0 aliphatic rings. The fourth-order valence-corrected chi connectivity index (χ4v) is 1.99. The Morgan fingerprint density at radius 3 is 2.56 bits per heavy atom. The molecule has 0 aromatic heterocycles. The van der Waals surface area contributed by atoms with Crippen LogP contribution in [0.1, 0.15) is 5.56 Å². The minimum absolute atomic E-state index is 0.267. The van der Waals surface area contributed by atoms with Gasteiger partial charge in [0.15, 0.2) is 0 Å². The van der Waals surface area contributed by atoms with Crippen LogP contribution in [-0.2, 0) is 6.42 Å². The number of hydrogen-bond donors (Lipinski definition) is 2. The molecule has 0 atom stereocenters. The van der Waals surface area contributed by atoms with Gasteiger partial charge in [-0.15, -0.1) is 0 Å². The highest BCUT2D eigenvalue weighted by Gasteiger charge is 2.05. The lowest BCUT2D eigenvalue weighted by molar-refractivity contribution is 0.410. The average molecular weight is 243 g/mol. The van der Waals surface area contributed by atoms with E-state index in [1.807, 2.05) is 24.3 Å². The van der Waals surface area contributed by atoms with Crippen LogP contribution in [-0.4, -0.2) is 18.8 Å². The van der Waals surface area contributed by atoms with Gasteiger partial charge in [-0.25, -0.2) is 0 Å². The highest BCUT2D eigenvalue weighted by Crippen LogP contribution is 2.28. The predicted octanol–water partition coefficient (Wildman–Crippen LogP) is 2.57. The molecule has 0 heterocycles. The number of methoxy groups -OCH3 is 1. The van der Waals surface area contributed by atoms with Gasteiger partial charge >= 0.3 is 0 Å². The van der Waals surface area contributed by atoms with E-state index in [0.29, 0.717) is 6.54 Å². The van der Waals surface area contributed by atoms with Crippen molar-refractivity contribution in [1.82, 2.24) is 0 Å². The van der Waals surface area contributed by atoms with Crippen LogP contribution in [0.2, 0.25) is 0 Å². The Kier molecular flexibility index (Phi) is 3.85. The zero-order valence-corrected chi connectivity index (χ0v) is 10.4. The van der Waals surface area contributed by atoms with E-state index in [-0.39, 0.29) is 5.75 Å². The van der Waals surface area contributed by atoms with E-state index in [2.05, 4.69) is 6.07 Å². The van der Waals surface area contributed by atoms with E-state index in [4.69, 9.17) is 10.5 Å². The lowest BCUT2D eigenvalue weighted by Gasteiger charge is -2.10. The number of rotatable bonds is 4. The molecular weight excluding hydrogens is 226 g/mol. The monoisotopic (exact) mass is 243 g/mol. The molecule has 0 aliphatic carbocycles. The van der Waals surface area contributed by atoms with Crippen LogP contribution in [0.15, 0.2) is 42.5 Å². The van der Waals surface area contributed by atoms with Gasteiger partial charge in [0.1, 0.15) is 11.5 Å². The molecule has 0 radical (unpaired) electrons. The fraction of sp³-hybridized carbons (Fsp3) is 0.200. The van der Waals surface area contributed by atoms with E-state index >= 15 is 0 Å². The number of ether oxygens (including phenoxy) is 1. The summed E-state index contributed by atoms with van der Waals surface area (Å²) >= 11 is 0. The normalized spacial score (nSPS) is 10.3. The summed E-state index contributed by atoms with van der Waals surface area (Å²) in [6, 6.07) is 13.2. The number of hydrogen-bond acceptors (Lipinski definition) is 3. The molecule has 2 aromatic carbocycles. The van der Waals surface area contributed by atoms with Crippen molar-refractivity contribution in [3.05, 3.63) is 48.0 Å². The molecule has 0 bridgehead atoms. The third-order valence-corrected chi connectivity index (χ3v) is 2.87. The van der Waals surface area contributed by atoms with Crippen molar-refractivity contribution >= 4 is 0 Å². The molecule has 0 amide bonds. The van der Waals surface area contributed by atoms with Crippen molar-refractivity contribution in [2.75, 3.05) is 13.7 Å². The molecule has 3 nitrogen and oxygen atoms in total. The Morgan fingerprint density at radius 2 is 1.89 bits per heavy atom. The molecule has 0 aliphatic heterocycles. The van der Waals surface area contributed by atoms with E-state index < -0.39 is 0 Å². The minimum Gasteiger partial charge on any atom is -0.508 e. The molecule has 0 unspecified atom stereocenters. The molecule has 0 saturated carbocycles. The second-order valence-electron chi connectivity index (χ2n) is 4.12. The first-order valence-corrected chi connectivity index (χ1v) is 5.91. The third-order valence-electron chi connectivity index (χ3n) is 2.87. The van der Waals surface area contributed by atoms with Crippen LogP contribution in [0.25, 0.3) is 11.1 Å². The Hall–Kier alpha value is -2.00. The van der Waals surface area contributed by atoms with Crippen LogP contribution in [0, 0.1) is 0 Å². The highest BCUT2D eigenvalue weighted by molar-refractivity contribution is 5.67. The summed E-state index contributed by atoms with van der Waals surface area (Å²) in [5.41, 5.74) is 8.72. The van der Waals surface area contributed by atoms with Crippen LogP contribution >= 0.6 is 0 Å². The number of phenols is 1. The molecule has 2 aromatic rings. The van der Waals surface area contributed by atoms with Gasteiger partial charge in [-0.05, 0) is 53.9 Å². The van der Waals surface area contributed by atoms with Crippen molar-refractivity contribution in [2.24, 2.45) is 5.73 Å². The quantitative estimate of drug-likeness (QED) is 0.867. The molecule has 3 N–H and O–H groups in total. The summed E-state index contributed by atoms with van der Waals surface area (Å²) in [4.78, 5) is 0. The van der Waals surface area contributed by atoms with Gasteiger partial charge in [-0.2, -0.15) is 0 Å². The van der Waals surface area contributed by atoms with Crippen LogP contribution in [0.3, 0.4) is 0 Å². The molecule has 0 saturated heterocycles. The maximum Gasteiger partial charge on any atom is 0.122 e. The lowest BCUT2D eigenvalue weighted by Crippen LogP contribution is -2.04. The van der Waals surface area contributed by atoms with Crippen LogP contribution in [0.4, 0.5) is 0 Å². The average Bonchev–Trinajstić information content (AvgIpc) is 2.39. The van der Waals surface area contributed by atoms with E-state index in [1.54, 1.807) is 19.2 Å². The zero-order valence-electron chi connectivity index (χ0n) is 10.4. The first kappa shape index (κ1) is 12.5. The smallest absolute Gasteiger partial charge is 0.122 e. The molecular formula is C15H17NO2. The van der Waals surface area contributed by atoms with Gasteiger partial charge in [0, 0.05) is 0 Å². The molecule has 0 spiro atoms. The maximum atomic E-state index is 9.50. The first-order chi connectivity index (χ1) is 8.74. The first-order valence-electron chi connectivity index (χ1n) is 5.91. The molecule has 0 fully saturated rings. The number of aromatic hydroxyl groups is 1.